The molecule has 156 valence electrons. The van der Waals surface area contributed by atoms with Gasteiger partial charge in [-0.1, -0.05) is 13.8 Å². The molecule has 1 aliphatic heterocycles. The first-order chi connectivity index (χ1) is 13.2. The lowest BCUT2D eigenvalue weighted by Gasteiger charge is -2.51. The van der Waals surface area contributed by atoms with Gasteiger partial charge in [0, 0.05) is 29.2 Å². The number of esters is 2. The highest BCUT2D eigenvalue weighted by Crippen LogP contribution is 2.49. The molecule has 3 rings (SSSR count). The maximum absolute atomic E-state index is 12.4. The third-order valence-electron chi connectivity index (χ3n) is 5.84. The molecule has 1 spiro atoms. The Hall–Kier alpha value is -1.86. The maximum atomic E-state index is 12.4. The van der Waals surface area contributed by atoms with Crippen LogP contribution in [-0.2, 0) is 28.5 Å². The summed E-state index contributed by atoms with van der Waals surface area (Å²) in [6, 6.07) is 0. The normalized spacial score (nSPS) is 33.2. The average Bonchev–Trinajstić information content (AvgIpc) is 2.66. The molecule has 0 aromatic heterocycles. The third kappa shape index (κ3) is 3.96. The van der Waals surface area contributed by atoms with Crippen molar-refractivity contribution in [2.75, 3.05) is 26.9 Å². The molecule has 7 heteroatoms. The Bertz CT molecular complexity index is 694. The highest BCUT2D eigenvalue weighted by Gasteiger charge is 2.51. The van der Waals surface area contributed by atoms with E-state index in [0.717, 1.165) is 0 Å². The summed E-state index contributed by atoms with van der Waals surface area (Å²) >= 11 is 0. The minimum absolute atomic E-state index is 0.0319. The molecule has 0 aromatic carbocycles. The molecule has 0 radical (unpaired) electrons. The molecule has 28 heavy (non-hydrogen) atoms. The van der Waals surface area contributed by atoms with Crippen molar-refractivity contribution in [2.24, 2.45) is 17.3 Å². The monoisotopic (exact) mass is 394 g/mol. The summed E-state index contributed by atoms with van der Waals surface area (Å²) in [5.41, 5.74) is 0.274. The van der Waals surface area contributed by atoms with Gasteiger partial charge < -0.3 is 24.1 Å². The van der Waals surface area contributed by atoms with E-state index in [9.17, 15) is 14.7 Å². The van der Waals surface area contributed by atoms with Crippen LogP contribution in [0.25, 0.3) is 0 Å². The van der Waals surface area contributed by atoms with Crippen molar-refractivity contribution in [1.82, 2.24) is 0 Å². The summed E-state index contributed by atoms with van der Waals surface area (Å²) < 4.78 is 22.4. The average molecular weight is 394 g/mol. The zero-order valence-corrected chi connectivity index (χ0v) is 17.1. The van der Waals surface area contributed by atoms with Crippen molar-refractivity contribution in [3.8, 4) is 0 Å². The molecule has 0 unspecified atom stereocenters. The number of allylic oxidation sites excluding steroid dienone is 1. The fourth-order valence-electron chi connectivity index (χ4n) is 4.24. The van der Waals surface area contributed by atoms with Gasteiger partial charge in [-0.2, -0.15) is 0 Å². The minimum Gasteiger partial charge on any atom is -0.511 e. The Morgan fingerprint density at radius 2 is 1.93 bits per heavy atom. The van der Waals surface area contributed by atoms with Gasteiger partial charge in [0.05, 0.1) is 32.5 Å². The molecule has 0 aromatic rings. The van der Waals surface area contributed by atoms with Gasteiger partial charge in [-0.3, -0.25) is 0 Å². The fraction of sp³-hybridized carbons (Fsp3) is 0.714. The summed E-state index contributed by atoms with van der Waals surface area (Å²) in [5, 5.41) is 10.8. The predicted molar refractivity (Wildman–Crippen MR) is 100 cm³/mol. The lowest BCUT2D eigenvalue weighted by Crippen LogP contribution is -2.55. The molecule has 1 N–H and O–H groups in total. The van der Waals surface area contributed by atoms with Crippen LogP contribution in [-0.4, -0.2) is 49.8 Å². The van der Waals surface area contributed by atoms with Crippen LogP contribution in [0.15, 0.2) is 23.0 Å². The van der Waals surface area contributed by atoms with Crippen LogP contribution in [0, 0.1) is 17.3 Å². The highest BCUT2D eigenvalue weighted by molar-refractivity contribution is 5.97. The first kappa shape index (κ1) is 20.9. The quantitative estimate of drug-likeness (QED) is 0.736. The largest absolute Gasteiger partial charge is 0.511 e. The van der Waals surface area contributed by atoms with Crippen molar-refractivity contribution in [1.29, 1.82) is 0 Å². The summed E-state index contributed by atoms with van der Waals surface area (Å²) in [6.07, 6.45) is 3.54. The number of methoxy groups -OCH3 is 1. The van der Waals surface area contributed by atoms with E-state index in [1.807, 2.05) is 0 Å². The number of aliphatic hydroxyl groups is 1. The standard InChI is InChI=1S/C21H30O7/c1-5-26-19(24)16-10-14(18(23)25-4)9-15-8-13(17(16)22)6-7-21(15)27-11-20(2,3)12-28-21/h10,13,15,22H,5-9,11-12H2,1-4H3/b14-10+,17-16-/t13-,15+/m0/s1. The second-order valence-corrected chi connectivity index (χ2v) is 8.61. The van der Waals surface area contributed by atoms with Crippen LogP contribution < -0.4 is 0 Å². The smallest absolute Gasteiger partial charge is 0.341 e. The van der Waals surface area contributed by atoms with Gasteiger partial charge >= 0.3 is 11.9 Å². The zero-order chi connectivity index (χ0) is 20.5. The molecule has 1 saturated heterocycles. The summed E-state index contributed by atoms with van der Waals surface area (Å²) in [4.78, 5) is 24.7. The minimum atomic E-state index is -0.777. The van der Waals surface area contributed by atoms with E-state index in [-0.39, 0.29) is 35.2 Å². The van der Waals surface area contributed by atoms with E-state index < -0.39 is 17.7 Å². The van der Waals surface area contributed by atoms with E-state index >= 15 is 0 Å². The molecule has 2 fully saturated rings. The van der Waals surface area contributed by atoms with Crippen molar-refractivity contribution in [3.63, 3.8) is 0 Å². The number of fused-ring (bicyclic) bond motifs is 3. The Balaban J connectivity index is 1.96. The van der Waals surface area contributed by atoms with Crippen LogP contribution >= 0.6 is 0 Å². The van der Waals surface area contributed by atoms with Gasteiger partial charge in [-0.05, 0) is 32.3 Å². The summed E-state index contributed by atoms with van der Waals surface area (Å²) in [6.45, 7) is 7.20. The number of rotatable bonds is 3. The van der Waals surface area contributed by atoms with E-state index in [1.165, 1.54) is 13.2 Å². The molecule has 3 aliphatic rings. The van der Waals surface area contributed by atoms with Gasteiger partial charge in [0.25, 0.3) is 0 Å². The Kier molecular flexibility index (Phi) is 5.87. The maximum Gasteiger partial charge on any atom is 0.341 e. The van der Waals surface area contributed by atoms with Crippen LogP contribution in [0.1, 0.15) is 46.5 Å². The predicted octanol–water partition coefficient (Wildman–Crippen LogP) is 3.05. The fourth-order valence-corrected chi connectivity index (χ4v) is 4.24. The Morgan fingerprint density at radius 1 is 1.25 bits per heavy atom. The van der Waals surface area contributed by atoms with Crippen LogP contribution in [0.2, 0.25) is 0 Å². The molecule has 7 nitrogen and oxygen atoms in total. The number of carbonyl (C=O) groups is 2. The molecular weight excluding hydrogens is 364 g/mol. The summed E-state index contributed by atoms with van der Waals surface area (Å²) in [7, 11) is 1.30. The number of hydrogen-bond donors (Lipinski definition) is 1. The second kappa shape index (κ2) is 7.87. The summed E-state index contributed by atoms with van der Waals surface area (Å²) in [5.74, 6) is -2.31. The molecule has 1 saturated carbocycles. The lowest BCUT2D eigenvalue weighted by molar-refractivity contribution is -0.334. The number of hydrogen-bond acceptors (Lipinski definition) is 7. The zero-order valence-electron chi connectivity index (χ0n) is 17.1. The van der Waals surface area contributed by atoms with Crippen molar-refractivity contribution in [3.05, 3.63) is 23.0 Å². The Labute approximate surface area is 165 Å². The topological polar surface area (TPSA) is 91.3 Å². The molecular formula is C21H30O7. The SMILES string of the molecule is CCOC(=O)C1=C(\O)[C@H]2CCC3(OCC(C)(C)CO3)[C@@H](C/C(C(=O)OC)=C\1)C2. The number of ether oxygens (including phenoxy) is 4. The molecule has 0 amide bonds. The van der Waals surface area contributed by atoms with E-state index in [0.29, 0.717) is 44.5 Å². The molecule has 1 heterocycles. The highest BCUT2D eigenvalue weighted by atomic mass is 16.7. The van der Waals surface area contributed by atoms with Crippen molar-refractivity contribution >= 4 is 11.9 Å². The van der Waals surface area contributed by atoms with Crippen LogP contribution in [0.3, 0.4) is 0 Å². The first-order valence-electron chi connectivity index (χ1n) is 9.88. The van der Waals surface area contributed by atoms with E-state index in [2.05, 4.69) is 13.8 Å². The van der Waals surface area contributed by atoms with Crippen molar-refractivity contribution in [2.45, 2.75) is 52.2 Å². The van der Waals surface area contributed by atoms with Gasteiger partial charge in [0.15, 0.2) is 5.79 Å². The van der Waals surface area contributed by atoms with Crippen molar-refractivity contribution < 1.29 is 33.6 Å². The first-order valence-corrected chi connectivity index (χ1v) is 9.88. The van der Waals surface area contributed by atoms with Gasteiger partial charge in [-0.15, -0.1) is 0 Å². The van der Waals surface area contributed by atoms with Gasteiger partial charge in [0.1, 0.15) is 5.76 Å². The molecule has 2 bridgehead atoms. The van der Waals surface area contributed by atoms with E-state index in [1.54, 1.807) is 6.92 Å². The Morgan fingerprint density at radius 3 is 2.54 bits per heavy atom. The van der Waals surface area contributed by atoms with Gasteiger partial charge in [-0.25, -0.2) is 9.59 Å². The third-order valence-corrected chi connectivity index (χ3v) is 5.84. The molecule has 2 aliphatic carbocycles. The van der Waals surface area contributed by atoms with Crippen LogP contribution in [0.5, 0.6) is 0 Å². The lowest BCUT2D eigenvalue weighted by atomic mass is 9.71. The van der Waals surface area contributed by atoms with Crippen LogP contribution in [0.4, 0.5) is 0 Å². The second-order valence-electron chi connectivity index (χ2n) is 8.61. The molecule has 2 atom stereocenters. The van der Waals surface area contributed by atoms with E-state index in [4.69, 9.17) is 18.9 Å². The van der Waals surface area contributed by atoms with Gasteiger partial charge in [0.2, 0.25) is 0 Å². The number of carbonyl (C=O) groups excluding carboxylic acids is 2. The number of aliphatic hydroxyl groups excluding tert-OH is 1.